The first-order chi connectivity index (χ1) is 19.5. The predicted octanol–water partition coefficient (Wildman–Crippen LogP) is 2.24. The van der Waals surface area contributed by atoms with Crippen molar-refractivity contribution in [2.24, 2.45) is 0 Å². The van der Waals surface area contributed by atoms with E-state index in [2.05, 4.69) is 10.7 Å². The molecule has 0 unspecified atom stereocenters. The van der Waals surface area contributed by atoms with Crippen molar-refractivity contribution < 1.29 is 41.5 Å². The van der Waals surface area contributed by atoms with Gasteiger partial charge in [0.05, 0.1) is 29.9 Å². The van der Waals surface area contributed by atoms with Crippen molar-refractivity contribution in [3.05, 3.63) is 53.4 Å². The second kappa shape index (κ2) is 11.7. The lowest BCUT2D eigenvalue weighted by Gasteiger charge is -2.29. The number of nitrogen functional groups attached to an aromatic ring is 1. The van der Waals surface area contributed by atoms with Gasteiger partial charge in [0.1, 0.15) is 5.75 Å². The number of ether oxygens (including phenoxy) is 2. The number of nitrogens with zero attached hydrogens (tertiary/aromatic N) is 2. The predicted molar refractivity (Wildman–Crippen MR) is 145 cm³/mol. The first-order valence-corrected chi connectivity index (χ1v) is 13.7. The highest BCUT2D eigenvalue weighted by Gasteiger charge is 2.41. The minimum Gasteiger partial charge on any atom is -0.481 e. The number of nitrogens with two attached hydrogens (primary N) is 1. The molecule has 2 aliphatic heterocycles. The third-order valence-electron chi connectivity index (χ3n) is 6.45. The fourth-order valence-electron chi connectivity index (χ4n) is 4.46. The van der Waals surface area contributed by atoms with E-state index in [-0.39, 0.29) is 41.1 Å². The van der Waals surface area contributed by atoms with Crippen LogP contribution >= 0.6 is 0 Å². The monoisotopic (exact) mass is 584 g/mol. The number of rotatable bonds is 4. The summed E-state index contributed by atoms with van der Waals surface area (Å²) in [6, 6.07) is 7.80. The van der Waals surface area contributed by atoms with Crippen LogP contribution in [-0.4, -0.2) is 52.5 Å². The number of carbonyl (C=O) groups excluding carboxylic acids is 4. The fraction of sp³-hybridized carbons (Fsp3) is 0.259. The van der Waals surface area contributed by atoms with Crippen molar-refractivity contribution >= 4 is 50.9 Å². The van der Waals surface area contributed by atoms with Gasteiger partial charge in [0.15, 0.2) is 12.4 Å². The number of benzene rings is 2. The molecule has 0 radical (unpaired) electrons. The van der Waals surface area contributed by atoms with Gasteiger partial charge in [-0.2, -0.15) is 0 Å². The molecule has 0 saturated carbocycles. The molecule has 5 rings (SSSR count). The van der Waals surface area contributed by atoms with Crippen LogP contribution < -0.4 is 25.0 Å². The van der Waals surface area contributed by atoms with E-state index in [1.54, 1.807) is 4.72 Å². The van der Waals surface area contributed by atoms with Crippen LogP contribution in [0.2, 0.25) is 0 Å². The van der Waals surface area contributed by atoms with Crippen molar-refractivity contribution in [2.45, 2.75) is 30.6 Å². The highest BCUT2D eigenvalue weighted by atomic mass is 32.2. The topological polar surface area (TPSA) is 165 Å². The van der Waals surface area contributed by atoms with E-state index >= 15 is 0 Å². The molecule has 0 atom stereocenters. The van der Waals surface area contributed by atoms with Crippen molar-refractivity contribution in [3.8, 4) is 18.1 Å². The molecule has 3 N–H and O–H groups in total. The first-order valence-electron chi connectivity index (χ1n) is 12.3. The average molecular weight is 585 g/mol. The Balaban J connectivity index is 0.000000221. The molecule has 0 fully saturated rings. The van der Waals surface area contributed by atoms with Gasteiger partial charge in [-0.25, -0.2) is 27.2 Å². The molecular formula is C27H25FN4O8S. The number of terminal acetylenes is 1. The van der Waals surface area contributed by atoms with Gasteiger partial charge in [0, 0.05) is 22.9 Å². The lowest BCUT2D eigenvalue weighted by molar-refractivity contribution is -0.121. The van der Waals surface area contributed by atoms with Crippen molar-refractivity contribution in [1.82, 2.24) is 4.72 Å². The summed E-state index contributed by atoms with van der Waals surface area (Å²) in [5.41, 5.74) is 6.82. The number of anilines is 3. The summed E-state index contributed by atoms with van der Waals surface area (Å²) in [6.07, 6.45) is 6.98. The van der Waals surface area contributed by atoms with E-state index in [0.717, 1.165) is 30.9 Å². The van der Waals surface area contributed by atoms with Gasteiger partial charge in [0.2, 0.25) is 0 Å². The molecule has 0 bridgehead atoms. The maximum atomic E-state index is 14.7. The summed E-state index contributed by atoms with van der Waals surface area (Å²) in [7, 11) is -2.79. The lowest BCUT2D eigenvalue weighted by atomic mass is 9.93. The highest BCUT2D eigenvalue weighted by Crippen LogP contribution is 2.41. The van der Waals surface area contributed by atoms with Crippen molar-refractivity contribution in [3.63, 3.8) is 0 Å². The number of imide groups is 1. The zero-order valence-electron chi connectivity index (χ0n) is 21.8. The van der Waals surface area contributed by atoms with Crippen molar-refractivity contribution in [2.75, 3.05) is 35.8 Å². The van der Waals surface area contributed by atoms with Crippen LogP contribution in [0.15, 0.2) is 52.4 Å². The number of hydrogen-bond acceptors (Lipinski definition) is 9. The van der Waals surface area contributed by atoms with E-state index in [1.165, 1.54) is 35.2 Å². The maximum absolute atomic E-state index is 14.7. The zero-order valence-corrected chi connectivity index (χ0v) is 22.6. The number of methoxy groups -OCH3 is 1. The molecule has 2 aromatic rings. The Hall–Kier alpha value is -4.90. The molecule has 1 aliphatic carbocycles. The minimum atomic E-state index is -3.87. The number of fused-ring (bicyclic) bond motifs is 1. The van der Waals surface area contributed by atoms with Crippen LogP contribution in [0.5, 0.6) is 5.75 Å². The van der Waals surface area contributed by atoms with Gasteiger partial charge < -0.3 is 15.2 Å². The quantitative estimate of drug-likeness (QED) is 0.311. The van der Waals surface area contributed by atoms with E-state index in [4.69, 9.17) is 16.9 Å². The summed E-state index contributed by atoms with van der Waals surface area (Å²) in [4.78, 5) is 50.2. The zero-order chi connectivity index (χ0) is 29.9. The highest BCUT2D eigenvalue weighted by molar-refractivity contribution is 7.90. The standard InChI is InChI=1S/C19H15FN2O4.C8H10N2O4S/c1-2-7-21-15-9-14(13(20)8-16(15)26-10-17(21)23)22-18(24)11-5-3-4-6-12(11)19(22)25;1-14-8(11)10-15(12,13)7-4-2-6(9)3-5-7/h1,8-9H,3-7,10H2;2-5H,9H2,1H3,(H,10,11). The van der Waals surface area contributed by atoms with Crippen LogP contribution in [0.1, 0.15) is 25.7 Å². The molecule has 214 valence electrons. The number of halogens is 1. The second-order valence-electron chi connectivity index (χ2n) is 9.02. The molecule has 4 amide bonds. The van der Waals surface area contributed by atoms with Gasteiger partial charge in [-0.1, -0.05) is 5.92 Å². The third-order valence-corrected chi connectivity index (χ3v) is 7.77. The Labute approximate surface area is 234 Å². The van der Waals surface area contributed by atoms with Gasteiger partial charge in [0.25, 0.3) is 27.7 Å². The van der Waals surface area contributed by atoms with Gasteiger partial charge in [-0.05, 0) is 56.0 Å². The average Bonchev–Trinajstić information content (AvgIpc) is 3.20. The van der Waals surface area contributed by atoms with Crippen LogP contribution in [0, 0.1) is 18.2 Å². The Bertz CT molecular complexity index is 1580. The molecule has 0 saturated heterocycles. The summed E-state index contributed by atoms with van der Waals surface area (Å²) in [6.45, 7) is -0.262. The fourth-order valence-corrected chi connectivity index (χ4v) is 5.38. The Morgan fingerprint density at radius 1 is 1.10 bits per heavy atom. The third kappa shape index (κ3) is 5.85. The van der Waals surface area contributed by atoms with Crippen LogP contribution in [-0.2, 0) is 29.1 Å². The van der Waals surface area contributed by atoms with Crippen LogP contribution in [0.3, 0.4) is 0 Å². The van der Waals surface area contributed by atoms with Gasteiger partial charge in [-0.15, -0.1) is 6.42 Å². The Morgan fingerprint density at radius 2 is 1.71 bits per heavy atom. The number of nitrogens with one attached hydrogen (secondary N) is 1. The largest absolute Gasteiger partial charge is 0.481 e. The summed E-state index contributed by atoms with van der Waals surface area (Å²) in [5.74, 6) is 0.406. The molecule has 12 nitrogen and oxygen atoms in total. The van der Waals surface area contributed by atoms with Gasteiger partial charge in [-0.3, -0.25) is 19.3 Å². The Morgan fingerprint density at radius 3 is 2.27 bits per heavy atom. The number of hydrogen-bond donors (Lipinski definition) is 2. The summed E-state index contributed by atoms with van der Waals surface area (Å²) < 4.78 is 48.7. The van der Waals surface area contributed by atoms with E-state index < -0.39 is 33.7 Å². The summed E-state index contributed by atoms with van der Waals surface area (Å²) >= 11 is 0. The number of amides is 4. The molecule has 14 heteroatoms. The van der Waals surface area contributed by atoms with Crippen LogP contribution in [0.4, 0.5) is 26.2 Å². The summed E-state index contributed by atoms with van der Waals surface area (Å²) in [5, 5.41) is 0. The molecule has 3 aliphatic rings. The van der Waals surface area contributed by atoms with Crippen molar-refractivity contribution in [1.29, 1.82) is 0 Å². The molecule has 41 heavy (non-hydrogen) atoms. The molecule has 2 heterocycles. The van der Waals surface area contributed by atoms with Crippen LogP contribution in [0.25, 0.3) is 0 Å². The Kier molecular flexibility index (Phi) is 8.29. The smallest absolute Gasteiger partial charge is 0.420 e. The minimum absolute atomic E-state index is 0.0170. The SMILES string of the molecule is C#CCN1C(=O)COc2cc(F)c(N3C(=O)C4=C(CCCC4)C3=O)cc21.COC(=O)NS(=O)(=O)c1ccc(N)cc1. The lowest BCUT2D eigenvalue weighted by Crippen LogP contribution is -2.39. The number of sulfonamides is 1. The normalized spacial score (nSPS) is 16.2. The van der Waals surface area contributed by atoms with E-state index in [9.17, 15) is 32.0 Å². The van der Waals surface area contributed by atoms with E-state index in [1.807, 2.05) is 0 Å². The molecular weight excluding hydrogens is 559 g/mol. The number of carbonyl (C=O) groups is 4. The first kappa shape index (κ1) is 29.1. The van der Waals surface area contributed by atoms with E-state index in [0.29, 0.717) is 29.7 Å². The molecule has 0 spiro atoms. The maximum Gasteiger partial charge on any atom is 0.420 e. The van der Waals surface area contributed by atoms with Gasteiger partial charge >= 0.3 is 6.09 Å². The molecule has 0 aromatic heterocycles. The second-order valence-corrected chi connectivity index (χ2v) is 10.7. The molecule has 2 aromatic carbocycles.